The number of carbonyl (C=O) groups excluding carboxylic acids is 2. The van der Waals surface area contributed by atoms with Crippen molar-refractivity contribution in [3.63, 3.8) is 0 Å². The third-order valence-electron chi connectivity index (χ3n) is 6.07. The van der Waals surface area contributed by atoms with E-state index in [2.05, 4.69) is 46.8 Å². The maximum Gasteiger partial charge on any atom is 0.290 e. The summed E-state index contributed by atoms with van der Waals surface area (Å²) in [5, 5.41) is 21.6. The van der Waals surface area contributed by atoms with Crippen molar-refractivity contribution in [3.8, 4) is 17.5 Å². The predicted octanol–water partition coefficient (Wildman–Crippen LogP) is 2.46. The van der Waals surface area contributed by atoms with Crippen LogP contribution < -0.4 is 15.5 Å². The summed E-state index contributed by atoms with van der Waals surface area (Å²) in [5.74, 6) is 0.744. The minimum absolute atomic E-state index is 0.336. The molecule has 2 fully saturated rings. The highest BCUT2D eigenvalue weighted by molar-refractivity contribution is 8.18. The molecule has 0 atom stereocenters. The second kappa shape index (κ2) is 10.7. The Hall–Kier alpha value is -4.08. The fourth-order valence-electron chi connectivity index (χ4n) is 4.20. The van der Waals surface area contributed by atoms with Gasteiger partial charge in [-0.05, 0) is 66.9 Å². The second-order valence-electron chi connectivity index (χ2n) is 8.52. The van der Waals surface area contributed by atoms with E-state index >= 15 is 0 Å². The number of nitrogens with zero attached hydrogens (tertiary/aromatic N) is 6. The van der Waals surface area contributed by atoms with Crippen LogP contribution in [0.2, 0.25) is 0 Å². The van der Waals surface area contributed by atoms with Crippen molar-refractivity contribution in [1.82, 2.24) is 35.8 Å². The van der Waals surface area contributed by atoms with E-state index in [0.29, 0.717) is 40.3 Å². The van der Waals surface area contributed by atoms with Crippen LogP contribution >= 0.6 is 11.8 Å². The number of pyridine rings is 1. The highest BCUT2D eigenvalue weighted by Gasteiger charge is 2.25. The van der Waals surface area contributed by atoms with E-state index in [0.717, 1.165) is 55.5 Å². The zero-order valence-electron chi connectivity index (χ0n) is 19.3. The molecule has 3 aromatic rings. The molecule has 11 nitrogen and oxygen atoms in total. The minimum atomic E-state index is -0.396. The lowest BCUT2D eigenvalue weighted by molar-refractivity contribution is -0.115. The molecular formula is C24H23N9O2S. The Balaban J connectivity index is 1.12. The van der Waals surface area contributed by atoms with Crippen LogP contribution in [0.25, 0.3) is 17.5 Å². The van der Waals surface area contributed by atoms with Crippen molar-refractivity contribution in [2.45, 2.75) is 19.4 Å². The number of hydrogen-bond acceptors (Lipinski definition) is 10. The number of aromatic nitrogens is 5. The zero-order valence-corrected chi connectivity index (χ0v) is 20.1. The van der Waals surface area contributed by atoms with Crippen LogP contribution in [-0.2, 0) is 11.3 Å². The van der Waals surface area contributed by atoms with Gasteiger partial charge in [-0.1, -0.05) is 0 Å². The molecule has 0 radical (unpaired) electrons. The van der Waals surface area contributed by atoms with Crippen molar-refractivity contribution in [2.24, 2.45) is 5.92 Å². The smallest absolute Gasteiger partial charge is 0.290 e. The summed E-state index contributed by atoms with van der Waals surface area (Å²) >= 11 is 0.875. The van der Waals surface area contributed by atoms with Gasteiger partial charge >= 0.3 is 0 Å². The van der Waals surface area contributed by atoms with Crippen LogP contribution in [-0.4, -0.2) is 55.9 Å². The molecule has 0 bridgehead atoms. The molecule has 0 aromatic carbocycles. The maximum atomic E-state index is 11.8. The van der Waals surface area contributed by atoms with E-state index in [1.165, 1.54) is 0 Å². The first kappa shape index (κ1) is 23.7. The molecule has 2 saturated heterocycles. The number of aromatic amines is 1. The number of carbonyl (C=O) groups is 2. The zero-order chi connectivity index (χ0) is 24.9. The predicted molar refractivity (Wildman–Crippen MR) is 134 cm³/mol. The van der Waals surface area contributed by atoms with Crippen molar-refractivity contribution in [1.29, 1.82) is 5.26 Å². The standard InChI is InChI=1S/C24H23N9O2S/c25-11-17-9-16(14-28-21(17)19-2-6-29-32-19)13-26-12-15-3-7-33(8-4-15)23-27-5-1-18(30-23)10-20-22(34)31-24(35)36-20/h1-2,5-6,9-10,14-15,26H,3-4,7-8,12-13H2,(H,29,32)(H,31,34,35)/b20-10-. The van der Waals surface area contributed by atoms with Gasteiger partial charge in [0.2, 0.25) is 5.95 Å². The first-order valence-electron chi connectivity index (χ1n) is 11.5. The number of piperidine rings is 1. The van der Waals surface area contributed by atoms with Crippen LogP contribution in [0.15, 0.2) is 41.7 Å². The third kappa shape index (κ3) is 5.42. The molecule has 2 aliphatic rings. The fraction of sp³-hybridized carbons (Fsp3) is 0.292. The number of hydrogen-bond donors (Lipinski definition) is 3. The average molecular weight is 502 g/mol. The Morgan fingerprint density at radius 3 is 2.81 bits per heavy atom. The number of H-pyrrole nitrogens is 1. The Morgan fingerprint density at radius 2 is 2.08 bits per heavy atom. The van der Waals surface area contributed by atoms with E-state index in [4.69, 9.17) is 0 Å². The normalized spacial score (nSPS) is 17.4. The van der Waals surface area contributed by atoms with Gasteiger partial charge in [0.15, 0.2) is 0 Å². The number of thioether (sulfide) groups is 1. The fourth-order valence-corrected chi connectivity index (χ4v) is 4.87. The minimum Gasteiger partial charge on any atom is -0.341 e. The number of nitriles is 1. The van der Waals surface area contributed by atoms with E-state index in [-0.39, 0.29) is 5.24 Å². The molecule has 0 unspecified atom stereocenters. The van der Waals surface area contributed by atoms with Gasteiger partial charge in [-0.25, -0.2) is 9.97 Å². The topological polar surface area (TPSA) is 153 Å². The molecule has 3 N–H and O–H groups in total. The molecule has 0 saturated carbocycles. The summed E-state index contributed by atoms with van der Waals surface area (Å²) < 4.78 is 0. The van der Waals surface area contributed by atoms with Crippen LogP contribution in [0.4, 0.5) is 10.7 Å². The molecule has 5 heterocycles. The Bertz CT molecular complexity index is 1340. The quantitative estimate of drug-likeness (QED) is 0.412. The Morgan fingerprint density at radius 1 is 1.22 bits per heavy atom. The molecule has 182 valence electrons. The van der Waals surface area contributed by atoms with Crippen molar-refractivity contribution in [2.75, 3.05) is 24.5 Å². The summed E-state index contributed by atoms with van der Waals surface area (Å²) in [7, 11) is 0. The Kier molecular flexibility index (Phi) is 7.01. The molecule has 12 heteroatoms. The van der Waals surface area contributed by atoms with Crippen LogP contribution in [0.1, 0.15) is 29.7 Å². The van der Waals surface area contributed by atoms with Gasteiger partial charge < -0.3 is 10.2 Å². The molecule has 0 aliphatic carbocycles. The van der Waals surface area contributed by atoms with Crippen molar-refractivity contribution in [3.05, 3.63) is 58.5 Å². The number of rotatable bonds is 7. The maximum absolute atomic E-state index is 11.8. The molecule has 0 spiro atoms. The van der Waals surface area contributed by atoms with Gasteiger partial charge in [0, 0.05) is 38.2 Å². The van der Waals surface area contributed by atoms with E-state index < -0.39 is 5.91 Å². The lowest BCUT2D eigenvalue weighted by Crippen LogP contribution is -2.38. The SMILES string of the molecule is N#Cc1cc(CNCC2CCN(c3nccc(/C=C4\SC(=O)NC4=O)n3)CC2)cnc1-c1ccn[nH]1. The van der Waals surface area contributed by atoms with Gasteiger partial charge in [0.25, 0.3) is 11.1 Å². The Labute approximate surface area is 211 Å². The summed E-state index contributed by atoms with van der Waals surface area (Å²) in [6.07, 6.45) is 8.70. The van der Waals surface area contributed by atoms with E-state index in [9.17, 15) is 14.9 Å². The third-order valence-corrected chi connectivity index (χ3v) is 6.88. The number of anilines is 1. The van der Waals surface area contributed by atoms with E-state index in [1.54, 1.807) is 36.8 Å². The summed E-state index contributed by atoms with van der Waals surface area (Å²) in [4.78, 5) is 39.0. The monoisotopic (exact) mass is 501 g/mol. The number of imide groups is 1. The molecule has 3 aromatic heterocycles. The van der Waals surface area contributed by atoms with E-state index in [1.807, 2.05) is 6.07 Å². The van der Waals surface area contributed by atoms with Gasteiger partial charge in [0.1, 0.15) is 11.8 Å². The highest BCUT2D eigenvalue weighted by Crippen LogP contribution is 2.26. The molecule has 36 heavy (non-hydrogen) atoms. The first-order valence-corrected chi connectivity index (χ1v) is 12.3. The summed E-state index contributed by atoms with van der Waals surface area (Å²) in [5.41, 5.74) is 3.40. The van der Waals surface area contributed by atoms with Gasteiger partial charge in [-0.2, -0.15) is 10.4 Å². The summed E-state index contributed by atoms with van der Waals surface area (Å²) in [6.45, 7) is 3.17. The second-order valence-corrected chi connectivity index (χ2v) is 9.53. The molecule has 2 aliphatic heterocycles. The first-order chi connectivity index (χ1) is 17.6. The number of nitrogens with one attached hydrogen (secondary N) is 3. The molecular weight excluding hydrogens is 478 g/mol. The van der Waals surface area contributed by atoms with Gasteiger partial charge in [0.05, 0.1) is 21.9 Å². The van der Waals surface area contributed by atoms with Crippen LogP contribution in [0.5, 0.6) is 0 Å². The van der Waals surface area contributed by atoms with Crippen LogP contribution in [0, 0.1) is 17.2 Å². The lowest BCUT2D eigenvalue weighted by Gasteiger charge is -2.32. The van der Waals surface area contributed by atoms with Gasteiger partial charge in [-0.3, -0.25) is 25.0 Å². The van der Waals surface area contributed by atoms with Crippen molar-refractivity contribution >= 4 is 34.9 Å². The largest absolute Gasteiger partial charge is 0.341 e. The summed E-state index contributed by atoms with van der Waals surface area (Å²) in [6, 6.07) is 7.59. The average Bonchev–Trinajstić information content (AvgIpc) is 3.54. The highest BCUT2D eigenvalue weighted by atomic mass is 32.2. The van der Waals surface area contributed by atoms with Crippen LogP contribution in [0.3, 0.4) is 0 Å². The number of amides is 2. The molecule has 5 rings (SSSR count). The van der Waals surface area contributed by atoms with Crippen molar-refractivity contribution < 1.29 is 9.59 Å². The van der Waals surface area contributed by atoms with Gasteiger partial charge in [-0.15, -0.1) is 0 Å². The lowest BCUT2D eigenvalue weighted by atomic mass is 9.97. The molecule has 2 amide bonds.